The Labute approximate surface area is 98.8 Å². The fraction of sp³-hybridized carbons (Fsp3) is 0.571. The van der Waals surface area contributed by atoms with Crippen molar-refractivity contribution in [2.24, 2.45) is 0 Å². The van der Waals surface area contributed by atoms with Crippen molar-refractivity contribution >= 4 is 5.69 Å². The normalized spacial score (nSPS) is 12.6. The van der Waals surface area contributed by atoms with Gasteiger partial charge in [0, 0.05) is 11.3 Å². The number of nitrogens with two attached hydrogens (primary N) is 1. The summed E-state index contributed by atoms with van der Waals surface area (Å²) in [5.74, 6) is 0.925. The summed E-state index contributed by atoms with van der Waals surface area (Å²) in [6, 6.07) is 5.85. The van der Waals surface area contributed by atoms with Gasteiger partial charge in [0.15, 0.2) is 0 Å². The third kappa shape index (κ3) is 3.44. The minimum atomic E-state index is -0.184. The average Bonchev–Trinajstić information content (AvgIpc) is 2.04. The van der Waals surface area contributed by atoms with E-state index >= 15 is 0 Å². The summed E-state index contributed by atoms with van der Waals surface area (Å²) >= 11 is 0. The van der Waals surface area contributed by atoms with E-state index in [1.807, 2.05) is 18.2 Å². The van der Waals surface area contributed by atoms with Crippen LogP contribution in [0.25, 0.3) is 0 Å². The quantitative estimate of drug-likeness (QED) is 0.733. The predicted octanol–water partition coefficient (Wildman–Crippen LogP) is 3.74. The third-order valence-electron chi connectivity index (χ3n) is 2.23. The van der Waals surface area contributed by atoms with Gasteiger partial charge in [-0.05, 0) is 44.4 Å². The van der Waals surface area contributed by atoms with Crippen LogP contribution in [-0.4, -0.2) is 5.60 Å². The van der Waals surface area contributed by atoms with Crippen molar-refractivity contribution in [3.63, 3.8) is 0 Å². The van der Waals surface area contributed by atoms with Gasteiger partial charge in [-0.2, -0.15) is 0 Å². The first-order chi connectivity index (χ1) is 7.09. The summed E-state index contributed by atoms with van der Waals surface area (Å²) in [6.07, 6.45) is 0. The Hall–Kier alpha value is -1.18. The number of benzene rings is 1. The molecule has 2 heteroatoms. The molecule has 0 saturated carbocycles. The molecule has 90 valence electrons. The molecule has 2 N–H and O–H groups in total. The fourth-order valence-corrected chi connectivity index (χ4v) is 1.55. The predicted molar refractivity (Wildman–Crippen MR) is 69.9 cm³/mol. The minimum Gasteiger partial charge on any atom is -0.488 e. The highest BCUT2D eigenvalue weighted by atomic mass is 16.5. The minimum absolute atomic E-state index is 0.0377. The second-order valence-corrected chi connectivity index (χ2v) is 6.22. The lowest BCUT2D eigenvalue weighted by Gasteiger charge is -2.28. The Balaban J connectivity index is 3.19. The summed E-state index contributed by atoms with van der Waals surface area (Å²) in [4.78, 5) is 0. The zero-order valence-corrected chi connectivity index (χ0v) is 11.2. The fourth-order valence-electron chi connectivity index (χ4n) is 1.55. The van der Waals surface area contributed by atoms with Gasteiger partial charge in [0.2, 0.25) is 0 Å². The van der Waals surface area contributed by atoms with Crippen LogP contribution in [0.2, 0.25) is 0 Å². The van der Waals surface area contributed by atoms with Gasteiger partial charge in [-0.3, -0.25) is 0 Å². The van der Waals surface area contributed by atoms with Crippen LogP contribution < -0.4 is 10.5 Å². The second-order valence-electron chi connectivity index (χ2n) is 6.22. The zero-order valence-electron chi connectivity index (χ0n) is 11.2. The highest BCUT2D eigenvalue weighted by molar-refractivity contribution is 5.50. The van der Waals surface area contributed by atoms with E-state index in [-0.39, 0.29) is 11.0 Å². The van der Waals surface area contributed by atoms with E-state index in [4.69, 9.17) is 10.5 Å². The molecule has 0 aliphatic carbocycles. The smallest absolute Gasteiger partial charge is 0.123 e. The molecular formula is C14H23NO. The van der Waals surface area contributed by atoms with E-state index in [1.165, 1.54) is 0 Å². The van der Waals surface area contributed by atoms with Gasteiger partial charge < -0.3 is 10.5 Å². The monoisotopic (exact) mass is 221 g/mol. The summed E-state index contributed by atoms with van der Waals surface area (Å²) in [5, 5.41) is 0. The maximum atomic E-state index is 5.96. The van der Waals surface area contributed by atoms with E-state index in [1.54, 1.807) is 0 Å². The van der Waals surface area contributed by atoms with Crippen LogP contribution in [0, 0.1) is 0 Å². The van der Waals surface area contributed by atoms with Crippen molar-refractivity contribution < 1.29 is 4.74 Å². The molecule has 0 radical (unpaired) electrons. The van der Waals surface area contributed by atoms with Crippen molar-refractivity contribution in [3.8, 4) is 5.75 Å². The van der Waals surface area contributed by atoms with Crippen molar-refractivity contribution in [2.75, 3.05) is 5.73 Å². The van der Waals surface area contributed by atoms with Gasteiger partial charge in [0.05, 0.1) is 0 Å². The first kappa shape index (κ1) is 12.9. The molecular weight excluding hydrogens is 198 g/mol. The third-order valence-corrected chi connectivity index (χ3v) is 2.23. The van der Waals surface area contributed by atoms with E-state index in [9.17, 15) is 0 Å². The molecule has 1 aromatic rings. The van der Waals surface area contributed by atoms with Crippen molar-refractivity contribution in [1.29, 1.82) is 0 Å². The van der Waals surface area contributed by atoms with Gasteiger partial charge in [0.25, 0.3) is 0 Å². The number of hydrogen-bond donors (Lipinski definition) is 1. The molecule has 0 fully saturated rings. The van der Waals surface area contributed by atoms with Crippen LogP contribution in [0.15, 0.2) is 18.2 Å². The zero-order chi connectivity index (χ0) is 12.6. The molecule has 0 bridgehead atoms. The average molecular weight is 221 g/mol. The first-order valence-electron chi connectivity index (χ1n) is 5.68. The van der Waals surface area contributed by atoms with Crippen LogP contribution >= 0.6 is 0 Å². The molecule has 1 aromatic carbocycles. The Bertz CT molecular complexity index is 369. The summed E-state index contributed by atoms with van der Waals surface area (Å²) < 4.78 is 5.96. The van der Waals surface area contributed by atoms with Crippen LogP contribution in [0.4, 0.5) is 5.69 Å². The van der Waals surface area contributed by atoms with Gasteiger partial charge in [-0.15, -0.1) is 0 Å². The van der Waals surface area contributed by atoms with Gasteiger partial charge in [-0.25, -0.2) is 0 Å². The lowest BCUT2D eigenvalue weighted by Crippen LogP contribution is -2.25. The lowest BCUT2D eigenvalue weighted by atomic mass is 9.86. The highest BCUT2D eigenvalue weighted by Gasteiger charge is 2.22. The van der Waals surface area contributed by atoms with Crippen molar-refractivity contribution in [2.45, 2.75) is 52.6 Å². The number of hydrogen-bond acceptors (Lipinski definition) is 2. The van der Waals surface area contributed by atoms with Crippen LogP contribution in [0.1, 0.15) is 47.1 Å². The Morgan fingerprint density at radius 2 is 1.56 bits per heavy atom. The van der Waals surface area contributed by atoms with Gasteiger partial charge in [-0.1, -0.05) is 20.8 Å². The van der Waals surface area contributed by atoms with Gasteiger partial charge >= 0.3 is 0 Å². The van der Waals surface area contributed by atoms with Crippen LogP contribution in [0.3, 0.4) is 0 Å². The van der Waals surface area contributed by atoms with E-state index in [0.29, 0.717) is 0 Å². The second kappa shape index (κ2) is 4.00. The van der Waals surface area contributed by atoms with Crippen LogP contribution in [-0.2, 0) is 5.41 Å². The SMILES string of the molecule is CC(C)(C)Oc1ccc(N)cc1C(C)(C)C. The standard InChI is InChI=1S/C14H23NO/c1-13(2,3)11-9-10(15)7-8-12(11)16-14(4,5)6/h7-9H,15H2,1-6H3. The Kier molecular flexibility index (Phi) is 3.22. The maximum Gasteiger partial charge on any atom is 0.123 e. The first-order valence-corrected chi connectivity index (χ1v) is 5.68. The molecule has 2 nitrogen and oxygen atoms in total. The molecule has 0 aliphatic heterocycles. The summed E-state index contributed by atoms with van der Waals surface area (Å²) in [5.41, 5.74) is 7.62. The van der Waals surface area contributed by atoms with Crippen molar-refractivity contribution in [3.05, 3.63) is 23.8 Å². The van der Waals surface area contributed by atoms with E-state index in [2.05, 4.69) is 41.5 Å². The molecule has 0 atom stereocenters. The number of ether oxygens (including phenoxy) is 1. The van der Waals surface area contributed by atoms with E-state index in [0.717, 1.165) is 17.0 Å². The topological polar surface area (TPSA) is 35.2 Å². The summed E-state index contributed by atoms with van der Waals surface area (Å²) in [7, 11) is 0. The van der Waals surface area contributed by atoms with Crippen LogP contribution in [0.5, 0.6) is 5.75 Å². The molecule has 0 aliphatic rings. The van der Waals surface area contributed by atoms with E-state index < -0.39 is 0 Å². The molecule has 0 spiro atoms. The molecule has 16 heavy (non-hydrogen) atoms. The molecule has 0 heterocycles. The largest absolute Gasteiger partial charge is 0.488 e. The summed E-state index contributed by atoms with van der Waals surface area (Å²) in [6.45, 7) is 12.6. The van der Waals surface area contributed by atoms with Crippen molar-refractivity contribution in [1.82, 2.24) is 0 Å². The number of anilines is 1. The lowest BCUT2D eigenvalue weighted by molar-refractivity contribution is 0.128. The molecule has 0 aromatic heterocycles. The highest BCUT2D eigenvalue weighted by Crippen LogP contribution is 2.34. The molecule has 0 saturated heterocycles. The maximum absolute atomic E-state index is 5.96. The molecule has 0 unspecified atom stereocenters. The van der Waals surface area contributed by atoms with Gasteiger partial charge in [0.1, 0.15) is 11.4 Å². The number of rotatable bonds is 1. The molecule has 0 amide bonds. The Morgan fingerprint density at radius 3 is 2.00 bits per heavy atom. The Morgan fingerprint density at radius 1 is 1.00 bits per heavy atom. The number of nitrogen functional groups attached to an aromatic ring is 1. The molecule has 1 rings (SSSR count).